The van der Waals surface area contributed by atoms with Gasteiger partial charge in [-0.05, 0) is 17.7 Å². The molecule has 0 heterocycles. The zero-order valence-electron chi connectivity index (χ0n) is 9.34. The average molecular weight is 238 g/mol. The monoisotopic (exact) mass is 238 g/mol. The van der Waals surface area contributed by atoms with Gasteiger partial charge in [0.15, 0.2) is 0 Å². The van der Waals surface area contributed by atoms with Crippen molar-refractivity contribution in [1.29, 1.82) is 5.26 Å². The van der Waals surface area contributed by atoms with E-state index in [2.05, 4.69) is 0 Å². The molecule has 0 aromatic heterocycles. The Hall–Kier alpha value is -1.38. The van der Waals surface area contributed by atoms with Crippen molar-refractivity contribution in [2.45, 2.75) is 12.7 Å². The van der Waals surface area contributed by atoms with Crippen LogP contribution in [0, 0.1) is 11.3 Å². The third-order valence-corrected chi connectivity index (χ3v) is 4.26. The lowest BCUT2D eigenvalue weighted by Crippen LogP contribution is -2.27. The van der Waals surface area contributed by atoms with E-state index >= 15 is 0 Å². The molecule has 86 valence electrons. The molecule has 0 saturated carbocycles. The summed E-state index contributed by atoms with van der Waals surface area (Å²) in [6, 6.07) is 8.57. The van der Waals surface area contributed by atoms with Crippen LogP contribution >= 0.6 is 0 Å². The van der Waals surface area contributed by atoms with Crippen molar-refractivity contribution >= 4 is 10.0 Å². The number of nitriles is 1. The van der Waals surface area contributed by atoms with Crippen molar-refractivity contribution in [3.63, 3.8) is 0 Å². The molecule has 1 rings (SSSR count). The number of sulfonamides is 1. The zero-order chi connectivity index (χ0) is 12.2. The Labute approximate surface area is 96.2 Å². The molecule has 5 heteroatoms. The van der Waals surface area contributed by atoms with E-state index in [4.69, 9.17) is 5.26 Å². The van der Waals surface area contributed by atoms with Crippen molar-refractivity contribution in [2.24, 2.45) is 0 Å². The number of rotatable bonds is 4. The van der Waals surface area contributed by atoms with Crippen LogP contribution in [0.25, 0.3) is 0 Å². The molecule has 0 aliphatic heterocycles. The van der Waals surface area contributed by atoms with E-state index in [1.165, 1.54) is 4.31 Å². The highest BCUT2D eigenvalue weighted by Gasteiger charge is 2.16. The van der Waals surface area contributed by atoms with Crippen LogP contribution in [-0.4, -0.2) is 26.3 Å². The van der Waals surface area contributed by atoms with Crippen LogP contribution in [0.4, 0.5) is 0 Å². The second kappa shape index (κ2) is 5.10. The van der Waals surface area contributed by atoms with Gasteiger partial charge in [0.25, 0.3) is 0 Å². The van der Waals surface area contributed by atoms with Gasteiger partial charge in [0.05, 0.1) is 17.4 Å². The van der Waals surface area contributed by atoms with Gasteiger partial charge in [-0.3, -0.25) is 0 Å². The topological polar surface area (TPSA) is 61.2 Å². The summed E-state index contributed by atoms with van der Waals surface area (Å²) in [6.45, 7) is 2.24. The first-order valence-electron chi connectivity index (χ1n) is 4.92. The van der Waals surface area contributed by atoms with Gasteiger partial charge >= 0.3 is 0 Å². The molecule has 1 aromatic rings. The van der Waals surface area contributed by atoms with Gasteiger partial charge in [-0.15, -0.1) is 0 Å². The minimum absolute atomic E-state index is 0.0248. The molecule has 0 radical (unpaired) electrons. The number of nitrogens with zero attached hydrogens (tertiary/aromatic N) is 2. The van der Waals surface area contributed by atoms with Gasteiger partial charge in [-0.2, -0.15) is 5.26 Å². The highest BCUT2D eigenvalue weighted by atomic mass is 32.2. The van der Waals surface area contributed by atoms with Crippen molar-refractivity contribution in [2.75, 3.05) is 13.6 Å². The maximum Gasteiger partial charge on any atom is 0.218 e. The van der Waals surface area contributed by atoms with Gasteiger partial charge < -0.3 is 0 Å². The van der Waals surface area contributed by atoms with Gasteiger partial charge in [-0.25, -0.2) is 12.7 Å². The maximum atomic E-state index is 11.7. The van der Waals surface area contributed by atoms with Crippen LogP contribution in [0.5, 0.6) is 0 Å². The zero-order valence-corrected chi connectivity index (χ0v) is 10.2. The van der Waals surface area contributed by atoms with Crippen LogP contribution in [0.3, 0.4) is 0 Å². The Morgan fingerprint density at radius 3 is 2.31 bits per heavy atom. The first kappa shape index (κ1) is 12.7. The predicted molar refractivity (Wildman–Crippen MR) is 62.1 cm³/mol. The van der Waals surface area contributed by atoms with Crippen LogP contribution in [0.1, 0.15) is 18.1 Å². The molecule has 0 N–H and O–H groups in total. The molecule has 0 fully saturated rings. The summed E-state index contributed by atoms with van der Waals surface area (Å²) in [5, 5.41) is 8.61. The first-order valence-corrected chi connectivity index (χ1v) is 6.53. The molecular weight excluding hydrogens is 224 g/mol. The van der Waals surface area contributed by atoms with Crippen molar-refractivity contribution in [3.05, 3.63) is 35.4 Å². The summed E-state index contributed by atoms with van der Waals surface area (Å²) in [4.78, 5) is 0. The van der Waals surface area contributed by atoms with Gasteiger partial charge in [-0.1, -0.05) is 19.1 Å². The Balaban J connectivity index is 2.85. The Kier molecular flexibility index (Phi) is 4.05. The van der Waals surface area contributed by atoms with Crippen molar-refractivity contribution < 1.29 is 8.42 Å². The molecule has 4 nitrogen and oxygen atoms in total. The summed E-state index contributed by atoms with van der Waals surface area (Å²) in [6.07, 6.45) is 0. The van der Waals surface area contributed by atoms with Gasteiger partial charge in [0.1, 0.15) is 0 Å². The minimum Gasteiger partial charge on any atom is -0.212 e. The third-order valence-electron chi connectivity index (χ3n) is 2.35. The molecule has 0 aliphatic rings. The molecule has 0 atom stereocenters. The van der Waals surface area contributed by atoms with Crippen LogP contribution in [0.2, 0.25) is 0 Å². The lowest BCUT2D eigenvalue weighted by molar-refractivity contribution is 0.485. The van der Waals surface area contributed by atoms with E-state index in [9.17, 15) is 8.42 Å². The fraction of sp³-hybridized carbons (Fsp3) is 0.364. The second-order valence-corrected chi connectivity index (χ2v) is 5.55. The summed E-state index contributed by atoms with van der Waals surface area (Å²) < 4.78 is 24.8. The molecule has 0 bridgehead atoms. The highest BCUT2D eigenvalue weighted by molar-refractivity contribution is 7.88. The van der Waals surface area contributed by atoms with E-state index in [-0.39, 0.29) is 5.75 Å². The van der Waals surface area contributed by atoms with E-state index in [0.717, 1.165) is 0 Å². The number of hydrogen-bond donors (Lipinski definition) is 0. The molecular formula is C11H14N2O2S. The summed E-state index contributed by atoms with van der Waals surface area (Å²) in [5.74, 6) is -0.0248. The van der Waals surface area contributed by atoms with Crippen molar-refractivity contribution in [1.82, 2.24) is 4.31 Å². The minimum atomic E-state index is -3.23. The molecule has 0 saturated heterocycles. The molecule has 16 heavy (non-hydrogen) atoms. The van der Waals surface area contributed by atoms with Gasteiger partial charge in [0, 0.05) is 13.6 Å². The largest absolute Gasteiger partial charge is 0.218 e. The lowest BCUT2D eigenvalue weighted by Gasteiger charge is -2.14. The smallest absolute Gasteiger partial charge is 0.212 e. The fourth-order valence-corrected chi connectivity index (χ4v) is 2.42. The normalized spacial score (nSPS) is 11.4. The lowest BCUT2D eigenvalue weighted by atomic mass is 10.2. The van der Waals surface area contributed by atoms with E-state index in [1.807, 2.05) is 6.07 Å². The van der Waals surface area contributed by atoms with Crippen LogP contribution < -0.4 is 0 Å². The quantitative estimate of drug-likeness (QED) is 0.795. The Bertz CT molecular complexity index is 486. The van der Waals surface area contributed by atoms with Crippen LogP contribution in [0.15, 0.2) is 24.3 Å². The first-order chi connectivity index (χ1) is 7.49. The maximum absolute atomic E-state index is 11.7. The third kappa shape index (κ3) is 3.05. The highest BCUT2D eigenvalue weighted by Crippen LogP contribution is 2.10. The van der Waals surface area contributed by atoms with Crippen molar-refractivity contribution in [3.8, 4) is 6.07 Å². The SMILES string of the molecule is CCN(C)S(=O)(=O)Cc1ccc(C#N)cc1. The Morgan fingerprint density at radius 1 is 1.31 bits per heavy atom. The summed E-state index contributed by atoms with van der Waals surface area (Å²) in [7, 11) is -1.68. The summed E-state index contributed by atoms with van der Waals surface area (Å²) in [5.41, 5.74) is 1.23. The van der Waals surface area contributed by atoms with Gasteiger partial charge in [0.2, 0.25) is 10.0 Å². The molecule has 0 aliphatic carbocycles. The number of hydrogen-bond acceptors (Lipinski definition) is 3. The Morgan fingerprint density at radius 2 is 1.88 bits per heavy atom. The fourth-order valence-electron chi connectivity index (χ4n) is 1.19. The summed E-state index contributed by atoms with van der Waals surface area (Å²) >= 11 is 0. The predicted octanol–water partition coefficient (Wildman–Crippen LogP) is 1.34. The molecule has 0 amide bonds. The van der Waals surface area contributed by atoms with Crippen LogP contribution in [-0.2, 0) is 15.8 Å². The molecule has 0 spiro atoms. The van der Waals surface area contributed by atoms with E-state index < -0.39 is 10.0 Å². The molecule has 1 aromatic carbocycles. The molecule has 0 unspecified atom stereocenters. The van der Waals surface area contributed by atoms with E-state index in [1.54, 1.807) is 38.2 Å². The second-order valence-electron chi connectivity index (χ2n) is 3.48. The standard InChI is InChI=1S/C11H14N2O2S/c1-3-13(2)16(14,15)9-11-6-4-10(8-12)5-7-11/h4-7H,3,9H2,1-2H3. The van der Waals surface area contributed by atoms with E-state index in [0.29, 0.717) is 17.7 Å². The number of benzene rings is 1. The average Bonchev–Trinajstić information content (AvgIpc) is 2.28.